The lowest BCUT2D eigenvalue weighted by molar-refractivity contribution is -0.136. The lowest BCUT2D eigenvalue weighted by Gasteiger charge is -2.20. The molecule has 1 atom stereocenters. The fourth-order valence-electron chi connectivity index (χ4n) is 3.14. The lowest BCUT2D eigenvalue weighted by Crippen LogP contribution is -2.27. The zero-order chi connectivity index (χ0) is 21.9. The third kappa shape index (κ3) is 5.77. The maximum Gasteiger partial charge on any atom is 0.359 e. The topological polar surface area (TPSA) is 69.7 Å². The fourth-order valence-corrected chi connectivity index (χ4v) is 3.71. The van der Waals surface area contributed by atoms with E-state index in [0.717, 1.165) is 11.1 Å². The summed E-state index contributed by atoms with van der Waals surface area (Å²) in [5.74, 6) is -1.43. The Balaban J connectivity index is 1.86. The molecule has 1 fully saturated rings. The number of rotatable bonds is 7. The second-order valence-corrected chi connectivity index (χ2v) is 8.70. The molecule has 1 aromatic carbocycles. The van der Waals surface area contributed by atoms with Gasteiger partial charge in [-0.1, -0.05) is 12.1 Å². The molecule has 1 saturated heterocycles. The molecule has 0 radical (unpaired) electrons. The van der Waals surface area contributed by atoms with Crippen LogP contribution < -0.4 is 5.32 Å². The van der Waals surface area contributed by atoms with Crippen LogP contribution in [0.25, 0.3) is 0 Å². The average Bonchev–Trinajstić information content (AvgIpc) is 3.02. The number of aromatic nitrogens is 1. The Hall–Kier alpha value is -2.03. The third-order valence-electron chi connectivity index (χ3n) is 4.51. The van der Waals surface area contributed by atoms with Crippen molar-refractivity contribution < 1.29 is 23.4 Å². The van der Waals surface area contributed by atoms with Crippen LogP contribution in [0, 0.1) is 5.82 Å². The van der Waals surface area contributed by atoms with Gasteiger partial charge < -0.3 is 19.5 Å². The Morgan fingerprint density at radius 3 is 2.67 bits per heavy atom. The number of nitrogens with one attached hydrogen (secondary N) is 1. The molecular weight excluding hydrogens is 455 g/mol. The van der Waals surface area contributed by atoms with Crippen LogP contribution in [0.2, 0.25) is 0 Å². The molecule has 2 aromatic rings. The van der Waals surface area contributed by atoms with Crippen LogP contribution in [0.3, 0.4) is 0 Å². The van der Waals surface area contributed by atoms with E-state index in [1.54, 1.807) is 32.2 Å². The van der Waals surface area contributed by atoms with Crippen molar-refractivity contribution in [2.24, 2.45) is 0 Å². The minimum Gasteiger partial charge on any atom is -0.458 e. The number of hydrogen-bond acceptors (Lipinski definition) is 6. The summed E-state index contributed by atoms with van der Waals surface area (Å²) in [7, 11) is 0. The number of ether oxygens (including phenoxy) is 3. The number of benzene rings is 1. The molecule has 1 N–H and O–H groups in total. The SMILES string of the molecule is CC(C)OC(=O)c1ncc(Cc2ccc(F)cc2)c(Br)c1NC[C@H]1COC(C)(C)O1. The summed E-state index contributed by atoms with van der Waals surface area (Å²) < 4.78 is 30.7. The molecule has 1 aliphatic rings. The fraction of sp³-hybridized carbons (Fsp3) is 0.455. The van der Waals surface area contributed by atoms with Gasteiger partial charge in [0.1, 0.15) is 11.9 Å². The summed E-state index contributed by atoms with van der Waals surface area (Å²) in [6.45, 7) is 8.18. The predicted molar refractivity (Wildman–Crippen MR) is 115 cm³/mol. The molecule has 0 unspecified atom stereocenters. The Labute approximate surface area is 184 Å². The largest absolute Gasteiger partial charge is 0.458 e. The molecule has 8 heteroatoms. The molecule has 0 spiro atoms. The first kappa shape index (κ1) is 22.7. The van der Waals surface area contributed by atoms with Crippen molar-refractivity contribution >= 4 is 27.6 Å². The van der Waals surface area contributed by atoms with Crippen molar-refractivity contribution in [3.8, 4) is 0 Å². The van der Waals surface area contributed by atoms with E-state index in [4.69, 9.17) is 14.2 Å². The molecule has 2 heterocycles. The van der Waals surface area contributed by atoms with Crippen molar-refractivity contribution in [2.45, 2.75) is 52.1 Å². The standard InChI is InChI=1S/C22H26BrFN2O4/c1-13(2)29-21(27)20-19(26-11-17-12-28-22(3,4)30-17)18(23)15(10-25-20)9-14-5-7-16(24)8-6-14/h5-8,10,13,17,26H,9,11-12H2,1-4H3/t17-/m0/s1. The van der Waals surface area contributed by atoms with Gasteiger partial charge >= 0.3 is 5.97 Å². The third-order valence-corrected chi connectivity index (χ3v) is 5.41. The monoisotopic (exact) mass is 480 g/mol. The summed E-state index contributed by atoms with van der Waals surface area (Å²) in [5, 5.41) is 3.28. The zero-order valence-electron chi connectivity index (χ0n) is 17.5. The molecule has 3 rings (SSSR count). The average molecular weight is 481 g/mol. The number of esters is 1. The quantitative estimate of drug-likeness (QED) is 0.579. The molecule has 1 aliphatic heterocycles. The van der Waals surface area contributed by atoms with E-state index in [9.17, 15) is 9.18 Å². The maximum atomic E-state index is 13.2. The molecule has 1 aromatic heterocycles. The minimum absolute atomic E-state index is 0.165. The van der Waals surface area contributed by atoms with Crippen molar-refractivity contribution in [3.63, 3.8) is 0 Å². The summed E-state index contributed by atoms with van der Waals surface area (Å²) >= 11 is 3.61. The van der Waals surface area contributed by atoms with E-state index in [2.05, 4.69) is 26.2 Å². The second-order valence-electron chi connectivity index (χ2n) is 7.91. The van der Waals surface area contributed by atoms with Crippen molar-refractivity contribution in [3.05, 3.63) is 57.6 Å². The van der Waals surface area contributed by atoms with Gasteiger partial charge in [-0.3, -0.25) is 0 Å². The molecule has 0 saturated carbocycles. The maximum absolute atomic E-state index is 13.2. The number of anilines is 1. The summed E-state index contributed by atoms with van der Waals surface area (Å²) in [6, 6.07) is 6.29. The van der Waals surface area contributed by atoms with E-state index in [1.165, 1.54) is 12.1 Å². The van der Waals surface area contributed by atoms with E-state index in [0.29, 0.717) is 29.7 Å². The van der Waals surface area contributed by atoms with Gasteiger partial charge in [-0.25, -0.2) is 14.2 Å². The Morgan fingerprint density at radius 1 is 1.37 bits per heavy atom. The van der Waals surface area contributed by atoms with Gasteiger partial charge in [-0.2, -0.15) is 0 Å². The first-order valence-corrected chi connectivity index (χ1v) is 10.6. The number of carbonyl (C=O) groups is 1. The first-order valence-electron chi connectivity index (χ1n) is 9.83. The van der Waals surface area contributed by atoms with Gasteiger partial charge in [-0.05, 0) is 66.9 Å². The van der Waals surface area contributed by atoms with Gasteiger partial charge in [0.15, 0.2) is 11.5 Å². The molecule has 0 aliphatic carbocycles. The number of hydrogen-bond donors (Lipinski definition) is 1. The smallest absolute Gasteiger partial charge is 0.359 e. The van der Waals surface area contributed by atoms with E-state index >= 15 is 0 Å². The van der Waals surface area contributed by atoms with Gasteiger partial charge in [0.2, 0.25) is 0 Å². The molecule has 0 amide bonds. The number of pyridine rings is 1. The van der Waals surface area contributed by atoms with Crippen LogP contribution in [0.5, 0.6) is 0 Å². The lowest BCUT2D eigenvalue weighted by atomic mass is 10.1. The highest BCUT2D eigenvalue weighted by atomic mass is 79.9. The highest BCUT2D eigenvalue weighted by Gasteiger charge is 2.33. The predicted octanol–water partition coefficient (Wildman–Crippen LogP) is 4.70. The van der Waals surface area contributed by atoms with E-state index in [-0.39, 0.29) is 23.7 Å². The van der Waals surface area contributed by atoms with Crippen LogP contribution in [0.4, 0.5) is 10.1 Å². The van der Waals surface area contributed by atoms with Crippen LogP contribution >= 0.6 is 15.9 Å². The molecule has 30 heavy (non-hydrogen) atoms. The Bertz CT molecular complexity index is 903. The summed E-state index contributed by atoms with van der Waals surface area (Å²) in [5.41, 5.74) is 2.51. The summed E-state index contributed by atoms with van der Waals surface area (Å²) in [6.07, 6.45) is 1.73. The molecule has 0 bridgehead atoms. The minimum atomic E-state index is -0.633. The number of carbonyl (C=O) groups excluding carboxylic acids is 1. The van der Waals surface area contributed by atoms with Crippen molar-refractivity contribution in [1.82, 2.24) is 4.98 Å². The van der Waals surface area contributed by atoms with E-state index < -0.39 is 11.8 Å². The van der Waals surface area contributed by atoms with Crippen LogP contribution in [-0.4, -0.2) is 42.1 Å². The second kappa shape index (κ2) is 9.41. The Morgan fingerprint density at radius 2 is 2.07 bits per heavy atom. The number of nitrogens with zero attached hydrogens (tertiary/aromatic N) is 1. The van der Waals surface area contributed by atoms with Crippen molar-refractivity contribution in [2.75, 3.05) is 18.5 Å². The normalized spacial score (nSPS) is 17.9. The molecule has 6 nitrogen and oxygen atoms in total. The summed E-state index contributed by atoms with van der Waals surface area (Å²) in [4.78, 5) is 17.0. The molecule has 162 valence electrons. The Kier molecular flexibility index (Phi) is 7.10. The highest BCUT2D eigenvalue weighted by Crippen LogP contribution is 2.32. The van der Waals surface area contributed by atoms with Gasteiger partial charge in [0.05, 0.1) is 18.4 Å². The van der Waals surface area contributed by atoms with Gasteiger partial charge in [-0.15, -0.1) is 0 Å². The van der Waals surface area contributed by atoms with Crippen LogP contribution in [0.15, 0.2) is 34.9 Å². The van der Waals surface area contributed by atoms with Gasteiger partial charge in [0.25, 0.3) is 0 Å². The zero-order valence-corrected chi connectivity index (χ0v) is 19.1. The van der Waals surface area contributed by atoms with Crippen molar-refractivity contribution in [1.29, 1.82) is 0 Å². The van der Waals surface area contributed by atoms with Crippen LogP contribution in [-0.2, 0) is 20.6 Å². The molecular formula is C22H26BrFN2O4. The van der Waals surface area contributed by atoms with Crippen LogP contribution in [0.1, 0.15) is 49.3 Å². The first-order chi connectivity index (χ1) is 14.1. The number of halogens is 2. The van der Waals surface area contributed by atoms with E-state index in [1.807, 2.05) is 13.8 Å². The van der Waals surface area contributed by atoms with Gasteiger partial charge in [0, 0.05) is 23.6 Å². The highest BCUT2D eigenvalue weighted by molar-refractivity contribution is 9.10.